The van der Waals surface area contributed by atoms with Gasteiger partial charge in [-0.1, -0.05) is 12.0 Å². The molecule has 3 N–H and O–H groups in total. The van der Waals surface area contributed by atoms with Crippen LogP contribution >= 0.6 is 0 Å². The monoisotopic (exact) mass is 591 g/mol. The molecule has 224 valence electrons. The Bertz CT molecular complexity index is 1750. The smallest absolute Gasteiger partial charge is 0.228 e. The van der Waals surface area contributed by atoms with Gasteiger partial charge in [0.2, 0.25) is 6.35 Å². The summed E-state index contributed by atoms with van der Waals surface area (Å²) in [7, 11) is 5.26. The fourth-order valence-corrected chi connectivity index (χ4v) is 6.12. The first-order valence-corrected chi connectivity index (χ1v) is 14.1. The van der Waals surface area contributed by atoms with Crippen molar-refractivity contribution in [3.8, 4) is 28.8 Å². The van der Waals surface area contributed by atoms with Crippen molar-refractivity contribution in [2.24, 2.45) is 4.99 Å². The van der Waals surface area contributed by atoms with Crippen LogP contribution in [0.15, 0.2) is 41.0 Å². The van der Waals surface area contributed by atoms with Gasteiger partial charge in [-0.25, -0.2) is 23.1 Å². The number of hydrogen-bond acceptors (Lipinski definition) is 8. The number of aliphatic hydroxyl groups is 1. The number of phenols is 1. The lowest BCUT2D eigenvalue weighted by Crippen LogP contribution is -2.54. The number of hydrogen-bond donors (Lipinski definition) is 3. The van der Waals surface area contributed by atoms with Crippen molar-refractivity contribution in [3.63, 3.8) is 0 Å². The molecule has 1 saturated carbocycles. The first kappa shape index (κ1) is 29.0. The van der Waals surface area contributed by atoms with E-state index in [9.17, 15) is 14.6 Å². The number of benzene rings is 2. The first-order chi connectivity index (χ1) is 20.6. The number of aromatic hydroxyl groups is 1. The van der Waals surface area contributed by atoms with Gasteiger partial charge in [-0.05, 0) is 74.0 Å². The van der Waals surface area contributed by atoms with Gasteiger partial charge in [0.1, 0.15) is 17.1 Å². The fourth-order valence-electron chi connectivity index (χ4n) is 6.12. The molecule has 3 heterocycles. The number of aromatic nitrogens is 1. The van der Waals surface area contributed by atoms with E-state index in [4.69, 9.17) is 9.73 Å². The maximum Gasteiger partial charge on any atom is 0.228 e. The molecule has 4 atom stereocenters. The number of ether oxygens (including phenoxy) is 1. The summed E-state index contributed by atoms with van der Waals surface area (Å²) in [6.07, 6.45) is 2.10. The second kappa shape index (κ2) is 11.2. The number of pyridine rings is 1. The van der Waals surface area contributed by atoms with E-state index in [1.54, 1.807) is 11.8 Å². The third-order valence-electron chi connectivity index (χ3n) is 7.99. The number of phenolic OH excluding ortho intramolecular Hbond substituents is 1. The van der Waals surface area contributed by atoms with E-state index < -0.39 is 35.9 Å². The van der Waals surface area contributed by atoms with Crippen molar-refractivity contribution >= 4 is 22.2 Å². The number of fused-ring (bicyclic) bond motifs is 2. The van der Waals surface area contributed by atoms with Gasteiger partial charge in [0, 0.05) is 32.2 Å². The molecule has 0 radical (unpaired) electrons. The van der Waals surface area contributed by atoms with E-state index in [1.165, 1.54) is 25.3 Å². The second-order valence-electron chi connectivity index (χ2n) is 11.2. The molecule has 0 spiro atoms. The SMILES string of the molecule is CC#Cc1nc(-c2cc(O)cc3ccc(F)c(F)c23)c(F)c2c1C(C1NCCCC1O)=NC(OC)N2C1CC1=CN(C)C. The number of aliphatic imine (C=N–C) groups is 1. The van der Waals surface area contributed by atoms with Crippen molar-refractivity contribution in [1.82, 2.24) is 15.2 Å². The highest BCUT2D eigenvalue weighted by Crippen LogP contribution is 2.47. The Balaban J connectivity index is 1.68. The van der Waals surface area contributed by atoms with Gasteiger partial charge in [0.25, 0.3) is 0 Å². The Morgan fingerprint density at radius 2 is 1.98 bits per heavy atom. The lowest BCUT2D eigenvalue weighted by molar-refractivity contribution is 0.0989. The normalized spacial score (nSPS) is 24.0. The third kappa shape index (κ3) is 4.99. The summed E-state index contributed by atoms with van der Waals surface area (Å²) >= 11 is 0. The van der Waals surface area contributed by atoms with Gasteiger partial charge in [-0.3, -0.25) is 0 Å². The highest BCUT2D eigenvalue weighted by Gasteiger charge is 2.47. The van der Waals surface area contributed by atoms with Crippen LogP contribution in [0.1, 0.15) is 37.4 Å². The van der Waals surface area contributed by atoms with E-state index in [2.05, 4.69) is 22.1 Å². The minimum absolute atomic E-state index is 0.0830. The van der Waals surface area contributed by atoms with E-state index >= 15 is 8.78 Å². The lowest BCUT2D eigenvalue weighted by Gasteiger charge is -2.40. The molecule has 3 aromatic rings. The zero-order chi connectivity index (χ0) is 30.6. The minimum atomic E-state index is -1.18. The molecule has 1 saturated heterocycles. The van der Waals surface area contributed by atoms with E-state index in [1.807, 2.05) is 25.2 Å². The quantitative estimate of drug-likeness (QED) is 0.382. The summed E-state index contributed by atoms with van der Waals surface area (Å²) in [5.41, 5.74) is 1.48. The predicted molar refractivity (Wildman–Crippen MR) is 158 cm³/mol. The number of piperidine rings is 1. The van der Waals surface area contributed by atoms with Gasteiger partial charge >= 0.3 is 0 Å². The molecule has 1 aromatic heterocycles. The number of nitrogens with one attached hydrogen (secondary N) is 1. The third-order valence-corrected chi connectivity index (χ3v) is 7.99. The molecule has 8 nitrogen and oxygen atoms in total. The maximum absolute atomic E-state index is 17.3. The lowest BCUT2D eigenvalue weighted by atomic mass is 9.89. The molecule has 6 rings (SSSR count). The molecular weight excluding hydrogens is 559 g/mol. The highest BCUT2D eigenvalue weighted by atomic mass is 19.2. The van der Waals surface area contributed by atoms with Crippen molar-refractivity contribution in [3.05, 3.63) is 64.7 Å². The highest BCUT2D eigenvalue weighted by molar-refractivity contribution is 6.13. The van der Waals surface area contributed by atoms with Gasteiger partial charge in [-0.2, -0.15) is 0 Å². The number of rotatable bonds is 5. The Morgan fingerprint density at radius 3 is 2.67 bits per heavy atom. The van der Waals surface area contributed by atoms with Crippen LogP contribution < -0.4 is 10.2 Å². The van der Waals surface area contributed by atoms with Crippen LogP contribution in [0.5, 0.6) is 5.75 Å². The largest absolute Gasteiger partial charge is 0.508 e. The van der Waals surface area contributed by atoms with Crippen LogP contribution in [0.3, 0.4) is 0 Å². The van der Waals surface area contributed by atoms with Crippen LogP contribution in [0.2, 0.25) is 0 Å². The fraction of sp³-hybridized carbons (Fsp3) is 0.375. The molecule has 2 fully saturated rings. The molecule has 0 amide bonds. The van der Waals surface area contributed by atoms with Crippen molar-refractivity contribution < 1.29 is 28.1 Å². The average molecular weight is 592 g/mol. The summed E-state index contributed by atoms with van der Waals surface area (Å²) < 4.78 is 52.9. The molecular formula is C32H32F3N5O3. The molecule has 4 unspecified atom stereocenters. The van der Waals surface area contributed by atoms with E-state index in [0.717, 1.165) is 18.1 Å². The first-order valence-electron chi connectivity index (χ1n) is 14.1. The standard InChI is InChI=1S/C32H32F3N5O3/c1-5-7-21-25-30(29-23(42)8-6-11-36-29)38-32(43-4)40(22-13-17(22)15-39(2)3)31(25)27(35)28(37-21)19-14-18(41)12-16-9-10-20(33)26(34)24(16)19/h9-10,12,14-15,22-23,29,32,36,41-42H,6,8,11,13H2,1-4H3. The molecule has 3 aliphatic rings. The zero-order valence-electron chi connectivity index (χ0n) is 24.3. The number of aliphatic hydroxyl groups excluding tert-OH is 1. The average Bonchev–Trinajstić information content (AvgIpc) is 3.73. The van der Waals surface area contributed by atoms with Crippen LogP contribution in [0.25, 0.3) is 22.0 Å². The van der Waals surface area contributed by atoms with E-state index in [0.29, 0.717) is 30.7 Å². The van der Waals surface area contributed by atoms with Crippen LogP contribution in [-0.2, 0) is 4.74 Å². The predicted octanol–water partition coefficient (Wildman–Crippen LogP) is 4.27. The minimum Gasteiger partial charge on any atom is -0.508 e. The molecule has 2 aliphatic heterocycles. The second-order valence-corrected chi connectivity index (χ2v) is 11.2. The van der Waals surface area contributed by atoms with Crippen molar-refractivity contribution in [2.75, 3.05) is 32.6 Å². The molecule has 43 heavy (non-hydrogen) atoms. The Kier molecular flexibility index (Phi) is 7.54. The Labute approximate surface area is 247 Å². The van der Waals surface area contributed by atoms with E-state index in [-0.39, 0.29) is 45.2 Å². The Hall–Kier alpha value is -4.11. The molecule has 1 aliphatic carbocycles. The summed E-state index contributed by atoms with van der Waals surface area (Å²) in [5, 5.41) is 24.8. The molecule has 2 aromatic carbocycles. The summed E-state index contributed by atoms with van der Waals surface area (Å²) in [6.45, 7) is 2.23. The van der Waals surface area contributed by atoms with Crippen LogP contribution in [-0.4, -0.2) is 78.1 Å². The van der Waals surface area contributed by atoms with Crippen molar-refractivity contribution in [1.29, 1.82) is 0 Å². The maximum atomic E-state index is 17.3. The molecule has 0 bridgehead atoms. The Morgan fingerprint density at radius 1 is 1.19 bits per heavy atom. The number of halogens is 3. The number of methoxy groups -OCH3 is 1. The van der Waals surface area contributed by atoms with Gasteiger partial charge in [-0.15, -0.1) is 0 Å². The summed E-state index contributed by atoms with van der Waals surface area (Å²) in [6, 6.07) is 3.80. The number of anilines is 1. The zero-order valence-corrected chi connectivity index (χ0v) is 24.3. The van der Waals surface area contributed by atoms with Crippen LogP contribution in [0.4, 0.5) is 18.9 Å². The van der Waals surface area contributed by atoms with Crippen molar-refractivity contribution in [2.45, 2.75) is 50.7 Å². The van der Waals surface area contributed by atoms with Crippen LogP contribution in [0, 0.1) is 29.3 Å². The van der Waals surface area contributed by atoms with Gasteiger partial charge in [0.05, 0.1) is 35.2 Å². The van der Waals surface area contributed by atoms with Gasteiger partial charge in [0.15, 0.2) is 17.5 Å². The summed E-state index contributed by atoms with van der Waals surface area (Å²) in [5.74, 6) is 2.40. The number of nitrogens with zero attached hydrogens (tertiary/aromatic N) is 4. The molecule has 11 heteroatoms. The topological polar surface area (TPSA) is 93.5 Å². The van der Waals surface area contributed by atoms with Gasteiger partial charge < -0.3 is 30.1 Å². The summed E-state index contributed by atoms with van der Waals surface area (Å²) in [4.78, 5) is 13.1.